The Labute approximate surface area is 173 Å². The first-order valence-corrected chi connectivity index (χ1v) is 9.38. The first-order valence-electron chi connectivity index (χ1n) is 9.00. The van der Waals surface area contributed by atoms with Gasteiger partial charge in [-0.3, -0.25) is 4.79 Å². The van der Waals surface area contributed by atoms with Crippen molar-refractivity contribution in [2.24, 2.45) is 0 Å². The van der Waals surface area contributed by atoms with Gasteiger partial charge in [-0.05, 0) is 35.9 Å². The number of anilines is 2. The van der Waals surface area contributed by atoms with Gasteiger partial charge < -0.3 is 20.1 Å². The van der Waals surface area contributed by atoms with E-state index in [2.05, 4.69) is 10.6 Å². The Morgan fingerprint density at radius 2 is 1.59 bits per heavy atom. The Morgan fingerprint density at radius 3 is 2.24 bits per heavy atom. The number of carbonyl (C=O) groups excluding carboxylic acids is 1. The molecule has 3 aromatic carbocycles. The number of fused-ring (bicyclic) bond motifs is 1. The molecule has 0 bridgehead atoms. The third-order valence-corrected chi connectivity index (χ3v) is 4.95. The minimum absolute atomic E-state index is 0.198. The Balaban J connectivity index is 1.91. The van der Waals surface area contributed by atoms with E-state index in [0.717, 1.165) is 16.8 Å². The monoisotopic (exact) mass is 406 g/mol. The van der Waals surface area contributed by atoms with Crippen LogP contribution >= 0.6 is 11.6 Å². The number of hydrogen-bond acceptors (Lipinski definition) is 4. The predicted molar refractivity (Wildman–Crippen MR) is 117 cm³/mol. The maximum Gasteiger partial charge on any atom is 0.258 e. The van der Waals surface area contributed by atoms with E-state index in [4.69, 9.17) is 21.1 Å². The van der Waals surface area contributed by atoms with Crippen LogP contribution in [0.1, 0.15) is 11.1 Å². The van der Waals surface area contributed by atoms with E-state index in [1.807, 2.05) is 48.5 Å². The summed E-state index contributed by atoms with van der Waals surface area (Å²) in [5.74, 6) is 0.912. The third-order valence-electron chi connectivity index (χ3n) is 4.69. The van der Waals surface area contributed by atoms with Crippen molar-refractivity contribution >= 4 is 40.2 Å². The summed E-state index contributed by atoms with van der Waals surface area (Å²) in [5.41, 5.74) is 4.35. The van der Waals surface area contributed by atoms with Gasteiger partial charge in [0.25, 0.3) is 5.91 Å². The van der Waals surface area contributed by atoms with Crippen LogP contribution in [0.15, 0.2) is 66.7 Å². The van der Waals surface area contributed by atoms with E-state index in [0.29, 0.717) is 33.5 Å². The lowest BCUT2D eigenvalue weighted by molar-refractivity contribution is -0.110. The van der Waals surface area contributed by atoms with Crippen molar-refractivity contribution < 1.29 is 14.3 Å². The van der Waals surface area contributed by atoms with Gasteiger partial charge in [0.05, 0.1) is 31.2 Å². The van der Waals surface area contributed by atoms with Gasteiger partial charge in [-0.25, -0.2) is 0 Å². The van der Waals surface area contributed by atoms with Crippen LogP contribution in [0.4, 0.5) is 11.4 Å². The Bertz CT molecular complexity index is 1090. The highest BCUT2D eigenvalue weighted by Gasteiger charge is 2.30. The fourth-order valence-electron chi connectivity index (χ4n) is 3.31. The van der Waals surface area contributed by atoms with Crippen molar-refractivity contribution in [2.45, 2.75) is 0 Å². The molecule has 0 saturated carbocycles. The average molecular weight is 407 g/mol. The molecule has 0 radical (unpaired) electrons. The Hall–Kier alpha value is -3.44. The van der Waals surface area contributed by atoms with Crippen molar-refractivity contribution in [1.29, 1.82) is 0 Å². The highest BCUT2D eigenvalue weighted by Crippen LogP contribution is 2.43. The van der Waals surface area contributed by atoms with E-state index in [9.17, 15) is 4.79 Å². The molecule has 1 heterocycles. The van der Waals surface area contributed by atoms with Crippen LogP contribution in [-0.4, -0.2) is 20.1 Å². The summed E-state index contributed by atoms with van der Waals surface area (Å²) in [4.78, 5) is 13.0. The van der Waals surface area contributed by atoms with Crippen LogP contribution in [0.2, 0.25) is 5.02 Å². The van der Waals surface area contributed by atoms with Gasteiger partial charge in [0.1, 0.15) is 0 Å². The maximum absolute atomic E-state index is 13.0. The summed E-state index contributed by atoms with van der Waals surface area (Å²) in [5, 5.41) is 6.96. The summed E-state index contributed by atoms with van der Waals surface area (Å²) in [7, 11) is 3.14. The summed E-state index contributed by atoms with van der Waals surface area (Å²) in [6, 6.07) is 20.6. The standard InChI is InChI=1S/C23H19ClN2O3/c1-28-19-12-17-18(13-20(19)29-2)26-23(27)21(17)22(14-6-4-3-5-7-14)25-16-10-8-15(24)9-11-16/h3-13,25H,1-2H3,(H,26,27)/b22-21-. The van der Waals surface area contributed by atoms with Crippen molar-refractivity contribution in [3.8, 4) is 11.5 Å². The number of benzene rings is 3. The molecule has 6 heteroatoms. The second-order valence-electron chi connectivity index (χ2n) is 6.45. The van der Waals surface area contributed by atoms with Crippen LogP contribution in [0.25, 0.3) is 11.3 Å². The highest BCUT2D eigenvalue weighted by atomic mass is 35.5. The van der Waals surface area contributed by atoms with Crippen molar-refractivity contribution in [3.05, 3.63) is 82.9 Å². The van der Waals surface area contributed by atoms with Crippen LogP contribution in [0.3, 0.4) is 0 Å². The van der Waals surface area contributed by atoms with Gasteiger partial charge in [0, 0.05) is 22.3 Å². The smallest absolute Gasteiger partial charge is 0.258 e. The summed E-state index contributed by atoms with van der Waals surface area (Å²) < 4.78 is 10.8. The number of carbonyl (C=O) groups is 1. The maximum atomic E-state index is 13.0. The molecule has 2 N–H and O–H groups in total. The van der Waals surface area contributed by atoms with E-state index in [1.54, 1.807) is 32.4 Å². The van der Waals surface area contributed by atoms with Gasteiger partial charge in [-0.15, -0.1) is 0 Å². The molecule has 3 aromatic rings. The first-order chi connectivity index (χ1) is 14.1. The molecule has 0 saturated heterocycles. The van der Waals surface area contributed by atoms with Gasteiger partial charge in [-0.2, -0.15) is 0 Å². The third kappa shape index (κ3) is 3.65. The van der Waals surface area contributed by atoms with Crippen molar-refractivity contribution in [1.82, 2.24) is 0 Å². The summed E-state index contributed by atoms with van der Waals surface area (Å²) in [6.45, 7) is 0. The molecule has 29 heavy (non-hydrogen) atoms. The fraction of sp³-hybridized carbons (Fsp3) is 0.0870. The second-order valence-corrected chi connectivity index (χ2v) is 6.89. The molecule has 0 unspecified atom stereocenters. The molecule has 146 valence electrons. The predicted octanol–water partition coefficient (Wildman–Crippen LogP) is 5.29. The molecule has 0 fully saturated rings. The molecule has 0 spiro atoms. The average Bonchev–Trinajstić information content (AvgIpc) is 3.07. The van der Waals surface area contributed by atoms with Crippen LogP contribution in [0.5, 0.6) is 11.5 Å². The highest BCUT2D eigenvalue weighted by molar-refractivity contribution is 6.37. The zero-order valence-electron chi connectivity index (χ0n) is 16.0. The van der Waals surface area contributed by atoms with Crippen molar-refractivity contribution in [2.75, 3.05) is 24.9 Å². The summed E-state index contributed by atoms with van der Waals surface area (Å²) >= 11 is 6.01. The zero-order chi connectivity index (χ0) is 20.4. The molecule has 4 rings (SSSR count). The Morgan fingerprint density at radius 1 is 0.931 bits per heavy atom. The van der Waals surface area contributed by atoms with Gasteiger partial charge in [0.15, 0.2) is 11.5 Å². The van der Waals surface area contributed by atoms with Crippen LogP contribution < -0.4 is 20.1 Å². The van der Waals surface area contributed by atoms with Crippen LogP contribution in [-0.2, 0) is 4.79 Å². The van der Waals surface area contributed by atoms with Gasteiger partial charge in [-0.1, -0.05) is 41.9 Å². The number of amides is 1. The number of rotatable bonds is 5. The Kier molecular flexibility index (Phi) is 5.14. The molecule has 5 nitrogen and oxygen atoms in total. The van der Waals surface area contributed by atoms with E-state index in [-0.39, 0.29) is 5.91 Å². The topological polar surface area (TPSA) is 59.6 Å². The minimum Gasteiger partial charge on any atom is -0.493 e. The van der Waals surface area contributed by atoms with Crippen molar-refractivity contribution in [3.63, 3.8) is 0 Å². The van der Waals surface area contributed by atoms with Crippen LogP contribution in [0, 0.1) is 0 Å². The first kappa shape index (κ1) is 18.9. The minimum atomic E-state index is -0.198. The lowest BCUT2D eigenvalue weighted by atomic mass is 9.99. The van der Waals surface area contributed by atoms with Gasteiger partial charge >= 0.3 is 0 Å². The largest absolute Gasteiger partial charge is 0.493 e. The second kappa shape index (κ2) is 7.89. The molecular formula is C23H19ClN2O3. The normalized spacial score (nSPS) is 14.1. The lowest BCUT2D eigenvalue weighted by Crippen LogP contribution is -2.10. The molecule has 1 aliphatic rings. The summed E-state index contributed by atoms with van der Waals surface area (Å²) in [6.07, 6.45) is 0. The number of nitrogens with one attached hydrogen (secondary N) is 2. The molecule has 0 atom stereocenters. The number of hydrogen-bond donors (Lipinski definition) is 2. The van der Waals surface area contributed by atoms with E-state index in [1.165, 1.54) is 0 Å². The number of methoxy groups -OCH3 is 2. The molecule has 0 aliphatic carbocycles. The zero-order valence-corrected chi connectivity index (χ0v) is 16.7. The lowest BCUT2D eigenvalue weighted by Gasteiger charge is -2.15. The fourth-order valence-corrected chi connectivity index (χ4v) is 3.43. The molecule has 0 aromatic heterocycles. The van der Waals surface area contributed by atoms with E-state index < -0.39 is 0 Å². The molecular weight excluding hydrogens is 388 g/mol. The van der Waals surface area contributed by atoms with E-state index >= 15 is 0 Å². The number of ether oxygens (including phenoxy) is 2. The van der Waals surface area contributed by atoms with Gasteiger partial charge in [0.2, 0.25) is 0 Å². The molecule has 1 amide bonds. The SMILES string of the molecule is COc1cc2c(cc1OC)/C(=C(/Nc1ccc(Cl)cc1)c1ccccc1)C(=O)N2. The molecule has 1 aliphatic heterocycles. The quantitative estimate of drug-likeness (QED) is 0.565. The number of halogens is 1.